The molecule has 0 bridgehead atoms. The zero-order valence-corrected chi connectivity index (χ0v) is 9.44. The Hall–Kier alpha value is -0.153. The van der Waals surface area contributed by atoms with E-state index in [1.165, 1.54) is 0 Å². The van der Waals surface area contributed by atoms with Gasteiger partial charge in [0.25, 0.3) is 0 Å². The van der Waals surface area contributed by atoms with Gasteiger partial charge < -0.3 is 4.43 Å². The Morgan fingerprint density at radius 1 is 1.42 bits per heavy atom. The molecule has 0 heterocycles. The Kier molecular flexibility index (Phi) is 2.45. The van der Waals surface area contributed by atoms with Crippen molar-refractivity contribution in [3.63, 3.8) is 0 Å². The molecule has 1 aliphatic rings. The summed E-state index contributed by atoms with van der Waals surface area (Å²) in [6.45, 7) is 8.33. The van der Waals surface area contributed by atoms with Gasteiger partial charge in [-0.15, -0.1) is 0 Å². The molecule has 0 spiro atoms. The largest absolute Gasteiger partial charge is 0.405 e. The average Bonchev–Trinajstić information content (AvgIpc) is 2.08. The first-order chi connectivity index (χ1) is 5.33. The van der Waals surface area contributed by atoms with Gasteiger partial charge in [0.2, 0.25) is 0 Å². The number of rotatable bonds is 2. The fraction of sp³-hybridized carbons (Fsp3) is 0.889. The molecule has 3 heteroatoms. The number of carbonyl (C=O) groups is 1. The maximum Gasteiger partial charge on any atom is 0.185 e. The molecule has 1 rings (SSSR count). The van der Waals surface area contributed by atoms with E-state index < -0.39 is 13.9 Å². The first kappa shape index (κ1) is 9.93. The average molecular weight is 186 g/mol. The van der Waals surface area contributed by atoms with Gasteiger partial charge in [0.15, 0.2) is 14.1 Å². The Labute approximate surface area is 75.4 Å². The number of hydrogen-bond acceptors (Lipinski definition) is 2. The van der Waals surface area contributed by atoms with Crippen molar-refractivity contribution in [3.05, 3.63) is 0 Å². The number of hydrogen-bond donors (Lipinski definition) is 0. The summed E-state index contributed by atoms with van der Waals surface area (Å²) < 4.78 is 5.89. The number of carbonyl (C=O) groups excluding carboxylic acids is 1. The minimum absolute atomic E-state index is 0.296. The third kappa shape index (κ3) is 2.17. The van der Waals surface area contributed by atoms with Crippen LogP contribution in [0.25, 0.3) is 0 Å². The molecule has 0 saturated heterocycles. The molecule has 0 aromatic carbocycles. The Bertz CT molecular complexity index is 195. The van der Waals surface area contributed by atoms with Gasteiger partial charge in [-0.05, 0) is 39.4 Å². The van der Waals surface area contributed by atoms with Crippen LogP contribution in [0, 0.1) is 0 Å². The normalized spacial score (nSPS) is 31.2. The van der Waals surface area contributed by atoms with Crippen molar-refractivity contribution in [1.29, 1.82) is 0 Å². The first-order valence-corrected chi connectivity index (χ1v) is 7.98. The predicted octanol–water partition coefficient (Wildman–Crippen LogP) is 2.35. The third-order valence-corrected chi connectivity index (χ3v) is 3.24. The van der Waals surface area contributed by atoms with Crippen molar-refractivity contribution < 1.29 is 9.22 Å². The molecule has 0 amide bonds. The lowest BCUT2D eigenvalue weighted by Crippen LogP contribution is -2.43. The summed E-state index contributed by atoms with van der Waals surface area (Å²) in [5, 5.41) is 0. The first-order valence-electron chi connectivity index (χ1n) is 4.57. The molecule has 0 unspecified atom stereocenters. The van der Waals surface area contributed by atoms with Crippen molar-refractivity contribution in [2.75, 3.05) is 0 Å². The van der Waals surface area contributed by atoms with E-state index in [1.807, 2.05) is 6.92 Å². The molecule has 0 aromatic heterocycles. The molecule has 0 aliphatic heterocycles. The molecule has 2 nitrogen and oxygen atoms in total. The Balaban J connectivity index is 2.66. The van der Waals surface area contributed by atoms with Gasteiger partial charge in [-0.3, -0.25) is 4.79 Å². The van der Waals surface area contributed by atoms with E-state index in [9.17, 15) is 4.79 Å². The summed E-state index contributed by atoms with van der Waals surface area (Å²) in [4.78, 5) is 11.5. The summed E-state index contributed by atoms with van der Waals surface area (Å²) in [7, 11) is -1.56. The summed E-state index contributed by atoms with van der Waals surface area (Å²) in [5.41, 5.74) is -0.440. The molecule has 70 valence electrons. The fourth-order valence-electron chi connectivity index (χ4n) is 1.77. The molecule has 1 saturated carbocycles. The minimum Gasteiger partial charge on any atom is -0.405 e. The highest BCUT2D eigenvalue weighted by Crippen LogP contribution is 2.32. The number of ketones is 1. The molecule has 1 fully saturated rings. The molecule has 1 aliphatic carbocycles. The fourth-order valence-corrected chi connectivity index (χ4v) is 3.34. The zero-order chi connectivity index (χ0) is 9.41. The maximum absolute atomic E-state index is 11.5. The third-order valence-electron chi connectivity index (χ3n) is 2.18. The van der Waals surface area contributed by atoms with Crippen LogP contribution in [0.1, 0.15) is 26.2 Å². The summed E-state index contributed by atoms with van der Waals surface area (Å²) in [6.07, 6.45) is 2.62. The molecule has 12 heavy (non-hydrogen) atoms. The van der Waals surface area contributed by atoms with E-state index in [-0.39, 0.29) is 0 Å². The van der Waals surface area contributed by atoms with Crippen LogP contribution in [-0.2, 0) is 9.22 Å². The topological polar surface area (TPSA) is 26.3 Å². The van der Waals surface area contributed by atoms with Crippen LogP contribution in [0.4, 0.5) is 0 Å². The minimum atomic E-state index is -1.56. The summed E-state index contributed by atoms with van der Waals surface area (Å²) in [5.74, 6) is 0.296. The van der Waals surface area contributed by atoms with Gasteiger partial charge in [-0.25, -0.2) is 0 Å². The van der Waals surface area contributed by atoms with Crippen LogP contribution in [0.15, 0.2) is 0 Å². The van der Waals surface area contributed by atoms with E-state index in [0.717, 1.165) is 12.8 Å². The predicted molar refractivity (Wildman–Crippen MR) is 51.7 cm³/mol. The van der Waals surface area contributed by atoms with Gasteiger partial charge in [-0.1, -0.05) is 0 Å². The van der Waals surface area contributed by atoms with Crippen LogP contribution < -0.4 is 0 Å². The van der Waals surface area contributed by atoms with Gasteiger partial charge in [0.05, 0.1) is 0 Å². The quantitative estimate of drug-likeness (QED) is 0.619. The van der Waals surface area contributed by atoms with Crippen molar-refractivity contribution in [2.24, 2.45) is 0 Å². The lowest BCUT2D eigenvalue weighted by Gasteiger charge is -2.31. The Morgan fingerprint density at radius 2 is 2.00 bits per heavy atom. The van der Waals surface area contributed by atoms with E-state index in [2.05, 4.69) is 19.6 Å². The van der Waals surface area contributed by atoms with E-state index in [0.29, 0.717) is 12.2 Å². The smallest absolute Gasteiger partial charge is 0.185 e. The second kappa shape index (κ2) is 2.96. The SMILES string of the molecule is C[C@]1(O[Si](C)(C)C)CCCC1=O. The lowest BCUT2D eigenvalue weighted by molar-refractivity contribution is -0.130. The standard InChI is InChI=1S/C9H18O2Si/c1-9(11-12(2,3)4)7-5-6-8(9)10/h5-7H2,1-4H3/t9-/m0/s1. The lowest BCUT2D eigenvalue weighted by atomic mass is 10.1. The second-order valence-corrected chi connectivity index (χ2v) is 9.15. The van der Waals surface area contributed by atoms with Gasteiger partial charge in [-0.2, -0.15) is 0 Å². The number of Topliss-reactive ketones (excluding diaryl/α,β-unsaturated/α-hetero) is 1. The van der Waals surface area contributed by atoms with Crippen LogP contribution in [0.5, 0.6) is 0 Å². The van der Waals surface area contributed by atoms with Crippen molar-refractivity contribution in [1.82, 2.24) is 0 Å². The van der Waals surface area contributed by atoms with E-state index >= 15 is 0 Å². The van der Waals surface area contributed by atoms with Crippen LogP contribution in [-0.4, -0.2) is 19.7 Å². The molecule has 1 atom stereocenters. The second-order valence-electron chi connectivity index (χ2n) is 4.72. The Morgan fingerprint density at radius 3 is 2.33 bits per heavy atom. The molecular formula is C9H18O2Si. The monoisotopic (exact) mass is 186 g/mol. The van der Waals surface area contributed by atoms with Gasteiger partial charge in [0.1, 0.15) is 5.60 Å². The zero-order valence-electron chi connectivity index (χ0n) is 8.44. The highest BCUT2D eigenvalue weighted by Gasteiger charge is 2.41. The van der Waals surface area contributed by atoms with Gasteiger partial charge >= 0.3 is 0 Å². The van der Waals surface area contributed by atoms with Gasteiger partial charge in [0, 0.05) is 6.42 Å². The molecule has 0 radical (unpaired) electrons. The van der Waals surface area contributed by atoms with Crippen molar-refractivity contribution >= 4 is 14.1 Å². The van der Waals surface area contributed by atoms with Crippen molar-refractivity contribution in [3.8, 4) is 0 Å². The van der Waals surface area contributed by atoms with Crippen molar-refractivity contribution in [2.45, 2.75) is 51.4 Å². The van der Waals surface area contributed by atoms with Crippen LogP contribution in [0.3, 0.4) is 0 Å². The maximum atomic E-state index is 11.5. The van der Waals surface area contributed by atoms with E-state index in [1.54, 1.807) is 0 Å². The summed E-state index contributed by atoms with van der Waals surface area (Å²) in [6, 6.07) is 0. The highest BCUT2D eigenvalue weighted by atomic mass is 28.4. The summed E-state index contributed by atoms with van der Waals surface area (Å²) >= 11 is 0. The molecule has 0 N–H and O–H groups in total. The molecular weight excluding hydrogens is 168 g/mol. The van der Waals surface area contributed by atoms with Crippen LogP contribution in [0.2, 0.25) is 19.6 Å². The molecule has 0 aromatic rings. The van der Waals surface area contributed by atoms with Crippen LogP contribution >= 0.6 is 0 Å². The highest BCUT2D eigenvalue weighted by molar-refractivity contribution is 6.70. The van der Waals surface area contributed by atoms with E-state index in [4.69, 9.17) is 4.43 Å².